The van der Waals surface area contributed by atoms with E-state index in [1.807, 2.05) is 16.8 Å². The molecule has 0 aliphatic heterocycles. The van der Waals surface area contributed by atoms with Crippen molar-refractivity contribution < 1.29 is 4.79 Å². The number of nitrogens with zero attached hydrogens (tertiary/aromatic N) is 3. The quantitative estimate of drug-likeness (QED) is 0.795. The average Bonchev–Trinajstić information content (AvgIpc) is 3.07. The van der Waals surface area contributed by atoms with Gasteiger partial charge in [-0.1, -0.05) is 0 Å². The number of hydrogen-bond donors (Lipinski definition) is 1. The van der Waals surface area contributed by atoms with Crippen molar-refractivity contribution >= 4 is 28.3 Å². The molecule has 3 aromatic rings. The molecule has 96 valence electrons. The number of aromatic nitrogens is 3. The van der Waals surface area contributed by atoms with Gasteiger partial charge in [0.2, 0.25) is 0 Å². The number of hydrogen-bond acceptors (Lipinski definition) is 4. The van der Waals surface area contributed by atoms with Crippen molar-refractivity contribution in [2.45, 2.75) is 6.54 Å². The van der Waals surface area contributed by atoms with E-state index in [4.69, 9.17) is 0 Å². The molecule has 2 aromatic heterocycles. The van der Waals surface area contributed by atoms with Crippen LogP contribution >= 0.6 is 11.3 Å². The number of benzene rings is 1. The van der Waals surface area contributed by atoms with Gasteiger partial charge in [-0.3, -0.25) is 4.79 Å². The van der Waals surface area contributed by atoms with Crippen LogP contribution < -0.4 is 0 Å². The van der Waals surface area contributed by atoms with Gasteiger partial charge in [0, 0.05) is 19.2 Å². The van der Waals surface area contributed by atoms with Gasteiger partial charge >= 0.3 is 0 Å². The maximum absolute atomic E-state index is 12.3. The van der Waals surface area contributed by atoms with Crippen LogP contribution in [0.4, 0.5) is 0 Å². The number of aromatic amines is 1. The molecule has 3 rings (SSSR count). The van der Waals surface area contributed by atoms with Crippen molar-refractivity contribution in [2.24, 2.45) is 0 Å². The molecule has 0 saturated carbocycles. The van der Waals surface area contributed by atoms with E-state index in [1.54, 1.807) is 41.5 Å². The van der Waals surface area contributed by atoms with Gasteiger partial charge in [0.05, 0.1) is 0 Å². The van der Waals surface area contributed by atoms with Crippen LogP contribution in [-0.2, 0) is 6.54 Å². The predicted molar refractivity (Wildman–Crippen MR) is 74.0 cm³/mol. The lowest BCUT2D eigenvalue weighted by Gasteiger charge is -2.16. The molecule has 0 aliphatic carbocycles. The van der Waals surface area contributed by atoms with Gasteiger partial charge in [-0.15, -0.1) is 0 Å². The highest BCUT2D eigenvalue weighted by atomic mass is 32.1. The molecule has 0 unspecified atom stereocenters. The van der Waals surface area contributed by atoms with Crippen LogP contribution in [0.3, 0.4) is 0 Å². The summed E-state index contributed by atoms with van der Waals surface area (Å²) in [7, 11) is 1.80. The molecule has 6 heteroatoms. The molecule has 1 aromatic carbocycles. The van der Waals surface area contributed by atoms with E-state index < -0.39 is 0 Å². The Morgan fingerprint density at radius 1 is 1.32 bits per heavy atom. The van der Waals surface area contributed by atoms with Gasteiger partial charge in [-0.05, 0) is 40.6 Å². The summed E-state index contributed by atoms with van der Waals surface area (Å²) in [6.07, 6.45) is 0. The fourth-order valence-corrected chi connectivity index (χ4v) is 2.58. The average molecular weight is 272 g/mol. The summed E-state index contributed by atoms with van der Waals surface area (Å²) < 4.78 is 0. The summed E-state index contributed by atoms with van der Waals surface area (Å²) in [6.45, 7) is 0.610. The second kappa shape index (κ2) is 4.81. The van der Waals surface area contributed by atoms with Crippen molar-refractivity contribution in [2.75, 3.05) is 7.05 Å². The molecule has 0 aliphatic rings. The molecule has 0 bridgehead atoms. The van der Waals surface area contributed by atoms with Crippen molar-refractivity contribution in [1.82, 2.24) is 20.3 Å². The van der Waals surface area contributed by atoms with E-state index in [0.29, 0.717) is 17.6 Å². The smallest absolute Gasteiger partial charge is 0.253 e. The van der Waals surface area contributed by atoms with Gasteiger partial charge in [-0.2, -0.15) is 26.7 Å². The van der Waals surface area contributed by atoms with Crippen LogP contribution in [0.2, 0.25) is 0 Å². The predicted octanol–water partition coefficient (Wildman–Crippen LogP) is 2.29. The molecule has 5 nitrogen and oxygen atoms in total. The third-order valence-corrected chi connectivity index (χ3v) is 3.64. The third kappa shape index (κ3) is 2.34. The number of carbonyl (C=O) groups excluding carboxylic acids is 1. The van der Waals surface area contributed by atoms with E-state index in [2.05, 4.69) is 15.4 Å². The molecule has 0 spiro atoms. The molecule has 0 fully saturated rings. The highest BCUT2D eigenvalue weighted by Gasteiger charge is 2.13. The molecule has 0 radical (unpaired) electrons. The fraction of sp³-hybridized carbons (Fsp3) is 0.154. The van der Waals surface area contributed by atoms with Crippen molar-refractivity contribution in [3.8, 4) is 0 Å². The normalized spacial score (nSPS) is 10.8. The second-order valence-electron chi connectivity index (χ2n) is 4.32. The zero-order valence-corrected chi connectivity index (χ0v) is 11.1. The number of rotatable bonds is 3. The third-order valence-electron chi connectivity index (χ3n) is 2.91. The minimum Gasteiger partial charge on any atom is -0.337 e. The van der Waals surface area contributed by atoms with Crippen LogP contribution in [-0.4, -0.2) is 33.3 Å². The maximum Gasteiger partial charge on any atom is 0.253 e. The Morgan fingerprint density at radius 3 is 2.95 bits per heavy atom. The van der Waals surface area contributed by atoms with Crippen LogP contribution in [0.25, 0.3) is 11.0 Å². The Bertz CT molecular complexity index is 704. The molecule has 0 atom stereocenters. The lowest BCUT2D eigenvalue weighted by molar-refractivity contribution is 0.0785. The Hall–Kier alpha value is -2.21. The zero-order valence-electron chi connectivity index (χ0n) is 10.3. The van der Waals surface area contributed by atoms with Gasteiger partial charge in [0.15, 0.2) is 0 Å². The first-order valence-electron chi connectivity index (χ1n) is 5.81. The highest BCUT2D eigenvalue weighted by molar-refractivity contribution is 7.07. The topological polar surface area (TPSA) is 61.9 Å². The monoisotopic (exact) mass is 272 g/mol. The molecule has 0 saturated heterocycles. The molecular weight excluding hydrogens is 260 g/mol. The van der Waals surface area contributed by atoms with Gasteiger partial charge < -0.3 is 4.90 Å². The summed E-state index contributed by atoms with van der Waals surface area (Å²) in [5, 5.41) is 14.6. The van der Waals surface area contributed by atoms with E-state index in [9.17, 15) is 4.79 Å². The minimum absolute atomic E-state index is 0.0175. The molecule has 1 N–H and O–H groups in total. The molecule has 19 heavy (non-hydrogen) atoms. The summed E-state index contributed by atoms with van der Waals surface area (Å²) in [4.78, 5) is 14.0. The van der Waals surface area contributed by atoms with Crippen molar-refractivity contribution in [1.29, 1.82) is 0 Å². The van der Waals surface area contributed by atoms with E-state index in [-0.39, 0.29) is 5.91 Å². The van der Waals surface area contributed by atoms with Gasteiger partial charge in [0.1, 0.15) is 11.0 Å². The summed E-state index contributed by atoms with van der Waals surface area (Å²) in [6, 6.07) is 7.35. The standard InChI is InChI=1S/C13H12N4OS/c1-17(7-9-4-5-19-8-9)13(18)10-2-3-11-12(6-10)15-16-14-11/h2-6,8H,7H2,1H3,(H,14,15,16). The SMILES string of the molecule is CN(Cc1ccsc1)C(=O)c1ccc2n[nH]nc2c1. The summed E-state index contributed by atoms with van der Waals surface area (Å²) >= 11 is 1.63. The Morgan fingerprint density at radius 2 is 2.16 bits per heavy atom. The number of fused-ring (bicyclic) bond motifs is 1. The van der Waals surface area contributed by atoms with Crippen LogP contribution in [0.1, 0.15) is 15.9 Å². The maximum atomic E-state index is 12.3. The summed E-state index contributed by atoms with van der Waals surface area (Å²) in [5.74, 6) is -0.0175. The highest BCUT2D eigenvalue weighted by Crippen LogP contribution is 2.14. The first kappa shape index (κ1) is 11.9. The molecule has 1 amide bonds. The van der Waals surface area contributed by atoms with E-state index >= 15 is 0 Å². The first-order chi connectivity index (χ1) is 9.24. The number of thiophene rings is 1. The van der Waals surface area contributed by atoms with Crippen LogP contribution in [0.5, 0.6) is 0 Å². The Balaban J connectivity index is 1.82. The van der Waals surface area contributed by atoms with Crippen LogP contribution in [0, 0.1) is 0 Å². The number of nitrogens with one attached hydrogen (secondary N) is 1. The minimum atomic E-state index is -0.0175. The van der Waals surface area contributed by atoms with Gasteiger partial charge in [0.25, 0.3) is 5.91 Å². The Kier molecular flexibility index (Phi) is 3.00. The largest absolute Gasteiger partial charge is 0.337 e. The number of H-pyrrole nitrogens is 1. The molecular formula is C13H12N4OS. The number of amides is 1. The molecule has 2 heterocycles. The Labute approximate surface area is 113 Å². The lowest BCUT2D eigenvalue weighted by atomic mass is 10.1. The van der Waals surface area contributed by atoms with Gasteiger partial charge in [-0.25, -0.2) is 0 Å². The lowest BCUT2D eigenvalue weighted by Crippen LogP contribution is -2.25. The fourth-order valence-electron chi connectivity index (χ4n) is 1.92. The second-order valence-corrected chi connectivity index (χ2v) is 5.10. The zero-order chi connectivity index (χ0) is 13.2. The van der Waals surface area contributed by atoms with E-state index in [0.717, 1.165) is 11.1 Å². The van der Waals surface area contributed by atoms with Crippen LogP contribution in [0.15, 0.2) is 35.0 Å². The van der Waals surface area contributed by atoms with Crippen molar-refractivity contribution in [3.63, 3.8) is 0 Å². The van der Waals surface area contributed by atoms with Crippen molar-refractivity contribution in [3.05, 3.63) is 46.2 Å². The summed E-state index contributed by atoms with van der Waals surface area (Å²) in [5.41, 5.74) is 3.23. The number of carbonyl (C=O) groups is 1. The van der Waals surface area contributed by atoms with E-state index in [1.165, 1.54) is 0 Å². The first-order valence-corrected chi connectivity index (χ1v) is 6.75.